The van der Waals surface area contributed by atoms with Crippen molar-refractivity contribution in [2.45, 2.75) is 25.8 Å². The van der Waals surface area contributed by atoms with Gasteiger partial charge in [0, 0.05) is 31.8 Å². The van der Waals surface area contributed by atoms with Crippen molar-refractivity contribution in [3.05, 3.63) is 66.0 Å². The standard InChI is InChI=1S/C20H23N3O4/c1-14(10-18(24)25)12-22-20(27)17(11-15-6-3-2-4-7-15)23-19(26)16-8-5-9-21-13-16/h2-9,13-14,17H,10-12H2,1H3,(H,22,27)(H,23,26)(H,24,25). The minimum Gasteiger partial charge on any atom is -0.481 e. The zero-order valence-corrected chi connectivity index (χ0v) is 15.1. The van der Waals surface area contributed by atoms with Gasteiger partial charge in [-0.15, -0.1) is 0 Å². The van der Waals surface area contributed by atoms with E-state index in [0.717, 1.165) is 5.56 Å². The number of nitrogens with zero attached hydrogens (tertiary/aromatic N) is 1. The third-order valence-corrected chi connectivity index (χ3v) is 3.98. The van der Waals surface area contributed by atoms with Crippen molar-refractivity contribution in [1.82, 2.24) is 15.6 Å². The molecule has 1 aromatic heterocycles. The molecule has 2 unspecified atom stereocenters. The first kappa shape index (κ1) is 20.1. The van der Waals surface area contributed by atoms with Crippen molar-refractivity contribution in [1.29, 1.82) is 0 Å². The number of carbonyl (C=O) groups excluding carboxylic acids is 2. The molecule has 2 rings (SSSR count). The summed E-state index contributed by atoms with van der Waals surface area (Å²) in [5.74, 6) is -1.87. The van der Waals surface area contributed by atoms with Crippen molar-refractivity contribution in [3.8, 4) is 0 Å². The lowest BCUT2D eigenvalue weighted by Gasteiger charge is -2.20. The van der Waals surface area contributed by atoms with Crippen LogP contribution in [0.25, 0.3) is 0 Å². The summed E-state index contributed by atoms with van der Waals surface area (Å²) < 4.78 is 0. The molecule has 7 nitrogen and oxygen atoms in total. The highest BCUT2D eigenvalue weighted by molar-refractivity contribution is 5.97. The molecule has 142 valence electrons. The van der Waals surface area contributed by atoms with Crippen LogP contribution in [0.1, 0.15) is 29.3 Å². The Morgan fingerprint density at radius 1 is 1.11 bits per heavy atom. The predicted molar refractivity (Wildman–Crippen MR) is 100 cm³/mol. The summed E-state index contributed by atoms with van der Waals surface area (Å²) in [5.41, 5.74) is 1.27. The van der Waals surface area contributed by atoms with Gasteiger partial charge in [-0.3, -0.25) is 19.4 Å². The summed E-state index contributed by atoms with van der Waals surface area (Å²) in [5, 5.41) is 14.3. The van der Waals surface area contributed by atoms with E-state index in [2.05, 4.69) is 15.6 Å². The van der Waals surface area contributed by atoms with Crippen LogP contribution in [-0.4, -0.2) is 40.5 Å². The van der Waals surface area contributed by atoms with E-state index in [1.54, 1.807) is 25.3 Å². The summed E-state index contributed by atoms with van der Waals surface area (Å²) in [7, 11) is 0. The quantitative estimate of drug-likeness (QED) is 0.623. The number of pyridine rings is 1. The van der Waals surface area contributed by atoms with Crippen LogP contribution < -0.4 is 10.6 Å². The fourth-order valence-electron chi connectivity index (χ4n) is 2.57. The SMILES string of the molecule is CC(CNC(=O)C(Cc1ccccc1)NC(=O)c1cccnc1)CC(=O)O. The van der Waals surface area contributed by atoms with Crippen LogP contribution in [0.15, 0.2) is 54.9 Å². The lowest BCUT2D eigenvalue weighted by Crippen LogP contribution is -2.49. The normalized spacial score (nSPS) is 12.6. The van der Waals surface area contributed by atoms with Gasteiger partial charge in [-0.2, -0.15) is 0 Å². The van der Waals surface area contributed by atoms with Crippen LogP contribution >= 0.6 is 0 Å². The van der Waals surface area contributed by atoms with Gasteiger partial charge in [0.05, 0.1) is 5.56 Å². The summed E-state index contributed by atoms with van der Waals surface area (Å²) in [4.78, 5) is 39.7. The van der Waals surface area contributed by atoms with E-state index in [0.29, 0.717) is 12.0 Å². The molecule has 1 heterocycles. The third kappa shape index (κ3) is 6.89. The molecule has 0 aliphatic rings. The number of benzene rings is 1. The minimum atomic E-state index is -0.914. The van der Waals surface area contributed by atoms with Gasteiger partial charge in [-0.05, 0) is 23.6 Å². The van der Waals surface area contributed by atoms with Crippen molar-refractivity contribution >= 4 is 17.8 Å². The second-order valence-corrected chi connectivity index (χ2v) is 6.41. The zero-order valence-electron chi connectivity index (χ0n) is 15.1. The first-order chi connectivity index (χ1) is 13.0. The van der Waals surface area contributed by atoms with Crippen molar-refractivity contribution in [2.24, 2.45) is 5.92 Å². The number of carboxylic acids is 1. The van der Waals surface area contributed by atoms with E-state index in [9.17, 15) is 14.4 Å². The topological polar surface area (TPSA) is 108 Å². The molecule has 0 radical (unpaired) electrons. The lowest BCUT2D eigenvalue weighted by atomic mass is 10.0. The van der Waals surface area contributed by atoms with Gasteiger partial charge >= 0.3 is 5.97 Å². The Morgan fingerprint density at radius 2 is 1.85 bits per heavy atom. The van der Waals surface area contributed by atoms with Gasteiger partial charge in [-0.25, -0.2) is 0 Å². The molecule has 0 saturated carbocycles. The highest BCUT2D eigenvalue weighted by atomic mass is 16.4. The van der Waals surface area contributed by atoms with E-state index in [1.165, 1.54) is 6.20 Å². The fourth-order valence-corrected chi connectivity index (χ4v) is 2.57. The van der Waals surface area contributed by atoms with Crippen molar-refractivity contribution in [2.75, 3.05) is 6.54 Å². The molecule has 0 spiro atoms. The summed E-state index contributed by atoms with van der Waals surface area (Å²) in [6.45, 7) is 1.97. The average Bonchev–Trinajstić information content (AvgIpc) is 2.66. The number of nitrogens with one attached hydrogen (secondary N) is 2. The lowest BCUT2D eigenvalue weighted by molar-refractivity contribution is -0.138. The Bertz CT molecular complexity index is 765. The van der Waals surface area contributed by atoms with Gasteiger partial charge in [0.15, 0.2) is 0 Å². The number of carboxylic acid groups (broad SMARTS) is 1. The Balaban J connectivity index is 2.05. The summed E-state index contributed by atoms with van der Waals surface area (Å²) in [6.07, 6.45) is 3.29. The molecule has 2 aromatic rings. The summed E-state index contributed by atoms with van der Waals surface area (Å²) >= 11 is 0. The van der Waals surface area contributed by atoms with Gasteiger partial charge in [0.25, 0.3) is 5.91 Å². The maximum atomic E-state index is 12.6. The van der Waals surface area contributed by atoms with Gasteiger partial charge in [0.2, 0.25) is 5.91 Å². The zero-order chi connectivity index (χ0) is 19.6. The van der Waals surface area contributed by atoms with Crippen LogP contribution in [0.4, 0.5) is 0 Å². The van der Waals surface area contributed by atoms with E-state index in [4.69, 9.17) is 5.11 Å². The number of hydrogen-bond acceptors (Lipinski definition) is 4. The van der Waals surface area contributed by atoms with Crippen molar-refractivity contribution < 1.29 is 19.5 Å². The number of carbonyl (C=O) groups is 3. The van der Waals surface area contributed by atoms with Gasteiger partial charge < -0.3 is 15.7 Å². The summed E-state index contributed by atoms with van der Waals surface area (Å²) in [6, 6.07) is 11.8. The fraction of sp³-hybridized carbons (Fsp3) is 0.300. The molecule has 27 heavy (non-hydrogen) atoms. The van der Waals surface area contributed by atoms with Crippen LogP contribution in [0.2, 0.25) is 0 Å². The van der Waals surface area contributed by atoms with Crippen LogP contribution in [0.3, 0.4) is 0 Å². The molecular formula is C20H23N3O4. The molecule has 0 aliphatic carbocycles. The Kier molecular flexibility index (Phi) is 7.49. The molecule has 0 fully saturated rings. The number of hydrogen-bond donors (Lipinski definition) is 3. The molecule has 0 bridgehead atoms. The minimum absolute atomic E-state index is 0.0360. The molecule has 2 amide bonds. The second-order valence-electron chi connectivity index (χ2n) is 6.41. The number of aromatic nitrogens is 1. The predicted octanol–water partition coefficient (Wildman–Crippen LogP) is 1.65. The van der Waals surface area contributed by atoms with Crippen molar-refractivity contribution in [3.63, 3.8) is 0 Å². The first-order valence-electron chi connectivity index (χ1n) is 8.70. The molecule has 0 aliphatic heterocycles. The molecule has 0 saturated heterocycles. The second kappa shape index (κ2) is 10.1. The van der Waals surface area contributed by atoms with Gasteiger partial charge in [-0.1, -0.05) is 37.3 Å². The number of aliphatic carboxylic acids is 1. The maximum Gasteiger partial charge on any atom is 0.303 e. The number of rotatable bonds is 9. The molecule has 7 heteroatoms. The molecule has 3 N–H and O–H groups in total. The van der Waals surface area contributed by atoms with Gasteiger partial charge in [0.1, 0.15) is 6.04 Å². The molecule has 1 aromatic carbocycles. The van der Waals surface area contributed by atoms with E-state index in [1.807, 2.05) is 30.3 Å². The maximum absolute atomic E-state index is 12.6. The van der Waals surface area contributed by atoms with Crippen LogP contribution in [0, 0.1) is 5.92 Å². The number of amides is 2. The van der Waals surface area contributed by atoms with E-state index >= 15 is 0 Å². The molecular weight excluding hydrogens is 346 g/mol. The third-order valence-electron chi connectivity index (χ3n) is 3.98. The molecule has 2 atom stereocenters. The van der Waals surface area contributed by atoms with E-state index < -0.39 is 17.9 Å². The highest BCUT2D eigenvalue weighted by Gasteiger charge is 2.22. The highest BCUT2D eigenvalue weighted by Crippen LogP contribution is 2.06. The smallest absolute Gasteiger partial charge is 0.303 e. The Morgan fingerprint density at radius 3 is 2.48 bits per heavy atom. The Labute approximate surface area is 157 Å². The first-order valence-corrected chi connectivity index (χ1v) is 8.70. The van der Waals surface area contributed by atoms with E-state index in [-0.39, 0.29) is 24.8 Å². The monoisotopic (exact) mass is 369 g/mol. The average molecular weight is 369 g/mol. The Hall–Kier alpha value is -3.22. The van der Waals surface area contributed by atoms with Crippen LogP contribution in [0.5, 0.6) is 0 Å². The van der Waals surface area contributed by atoms with Crippen LogP contribution in [-0.2, 0) is 16.0 Å². The largest absolute Gasteiger partial charge is 0.481 e.